The molecule has 3 nitrogen and oxygen atoms in total. The van der Waals surface area contributed by atoms with Crippen LogP contribution in [0, 0.1) is 5.92 Å². The van der Waals surface area contributed by atoms with Crippen LogP contribution >= 0.6 is 0 Å². The number of para-hydroxylation sites is 1. The van der Waals surface area contributed by atoms with Gasteiger partial charge in [-0.3, -0.25) is 0 Å². The van der Waals surface area contributed by atoms with Crippen LogP contribution in [-0.2, 0) is 11.3 Å². The number of hydrogen-bond acceptors (Lipinski definition) is 3. The molecule has 1 N–H and O–H groups in total. The summed E-state index contributed by atoms with van der Waals surface area (Å²) in [5.41, 5.74) is 3.06. The Labute approximate surface area is 128 Å². The normalized spacial score (nSPS) is 27.2. The summed E-state index contributed by atoms with van der Waals surface area (Å²) in [6.45, 7) is 9.75. The zero-order valence-corrected chi connectivity index (χ0v) is 13.4. The van der Waals surface area contributed by atoms with Gasteiger partial charge in [-0.25, -0.2) is 0 Å². The average Bonchev–Trinajstić information content (AvgIpc) is 2.67. The van der Waals surface area contributed by atoms with Crippen LogP contribution in [-0.4, -0.2) is 31.8 Å². The molecule has 1 aromatic carbocycles. The second-order valence-electron chi connectivity index (χ2n) is 6.83. The van der Waals surface area contributed by atoms with Crippen LogP contribution in [0.2, 0.25) is 0 Å². The third kappa shape index (κ3) is 3.41. The summed E-state index contributed by atoms with van der Waals surface area (Å²) in [5, 5.41) is 3.76. The summed E-state index contributed by atoms with van der Waals surface area (Å²) < 4.78 is 5.51. The number of benzene rings is 1. The highest BCUT2D eigenvalue weighted by atomic mass is 16.5. The van der Waals surface area contributed by atoms with E-state index in [0.29, 0.717) is 0 Å². The Morgan fingerprint density at radius 3 is 2.81 bits per heavy atom. The first kappa shape index (κ1) is 14.9. The molecule has 2 aliphatic rings. The van der Waals surface area contributed by atoms with E-state index in [9.17, 15) is 0 Å². The Hall–Kier alpha value is -1.06. The Balaban J connectivity index is 1.82. The van der Waals surface area contributed by atoms with Crippen molar-refractivity contribution in [2.75, 3.05) is 31.2 Å². The lowest BCUT2D eigenvalue weighted by atomic mass is 9.95. The number of hydrogen-bond donors (Lipinski definition) is 1. The quantitative estimate of drug-likeness (QED) is 0.924. The SMILES string of the molecule is CCC1(C)CN(CC2CCOCC2)c2ccccc2CN1. The lowest BCUT2D eigenvalue weighted by Crippen LogP contribution is -2.50. The van der Waals surface area contributed by atoms with Crippen LogP contribution in [0.5, 0.6) is 0 Å². The van der Waals surface area contributed by atoms with Crippen molar-refractivity contribution in [3.63, 3.8) is 0 Å². The van der Waals surface area contributed by atoms with Gasteiger partial charge in [0.2, 0.25) is 0 Å². The largest absolute Gasteiger partial charge is 0.381 e. The van der Waals surface area contributed by atoms with Crippen molar-refractivity contribution < 1.29 is 4.74 Å². The number of anilines is 1. The van der Waals surface area contributed by atoms with Gasteiger partial charge < -0.3 is 15.0 Å². The molecule has 1 aromatic rings. The Kier molecular flexibility index (Phi) is 4.51. The highest BCUT2D eigenvalue weighted by molar-refractivity contribution is 5.55. The van der Waals surface area contributed by atoms with Crippen molar-refractivity contribution in [2.24, 2.45) is 5.92 Å². The molecule has 0 bridgehead atoms. The van der Waals surface area contributed by atoms with E-state index >= 15 is 0 Å². The minimum Gasteiger partial charge on any atom is -0.381 e. The first-order valence-electron chi connectivity index (χ1n) is 8.36. The van der Waals surface area contributed by atoms with Gasteiger partial charge in [0.15, 0.2) is 0 Å². The van der Waals surface area contributed by atoms with Gasteiger partial charge >= 0.3 is 0 Å². The van der Waals surface area contributed by atoms with Crippen LogP contribution in [0.1, 0.15) is 38.7 Å². The molecule has 3 heteroatoms. The smallest absolute Gasteiger partial charge is 0.0469 e. The summed E-state index contributed by atoms with van der Waals surface area (Å²) >= 11 is 0. The van der Waals surface area contributed by atoms with Gasteiger partial charge in [0.1, 0.15) is 0 Å². The second-order valence-corrected chi connectivity index (χ2v) is 6.83. The summed E-state index contributed by atoms with van der Waals surface area (Å²) in [6.07, 6.45) is 3.56. The van der Waals surface area contributed by atoms with E-state index in [-0.39, 0.29) is 5.54 Å². The van der Waals surface area contributed by atoms with Gasteiger partial charge in [-0.15, -0.1) is 0 Å². The highest BCUT2D eigenvalue weighted by Gasteiger charge is 2.30. The standard InChI is InChI=1S/C18H28N2O/c1-3-18(2)14-20(13-15-8-10-21-11-9-15)17-7-5-4-6-16(17)12-19-18/h4-7,15,19H,3,8-14H2,1-2H3. The molecule has 1 saturated heterocycles. The Morgan fingerprint density at radius 2 is 2.05 bits per heavy atom. The van der Waals surface area contributed by atoms with Crippen molar-refractivity contribution in [1.29, 1.82) is 0 Å². The second kappa shape index (κ2) is 6.37. The van der Waals surface area contributed by atoms with E-state index in [1.807, 2.05) is 0 Å². The van der Waals surface area contributed by atoms with Crippen LogP contribution in [0.3, 0.4) is 0 Å². The lowest BCUT2D eigenvalue weighted by molar-refractivity contribution is 0.0679. The molecule has 2 aliphatic heterocycles. The van der Waals surface area contributed by atoms with Gasteiger partial charge in [0.25, 0.3) is 0 Å². The maximum Gasteiger partial charge on any atom is 0.0469 e. The zero-order chi connectivity index (χ0) is 14.7. The van der Waals surface area contributed by atoms with E-state index in [2.05, 4.69) is 48.3 Å². The molecule has 1 unspecified atom stereocenters. The van der Waals surface area contributed by atoms with Crippen molar-refractivity contribution in [3.8, 4) is 0 Å². The molecule has 0 radical (unpaired) electrons. The molecule has 1 fully saturated rings. The Morgan fingerprint density at radius 1 is 1.29 bits per heavy atom. The van der Waals surface area contributed by atoms with E-state index in [4.69, 9.17) is 4.74 Å². The summed E-state index contributed by atoms with van der Waals surface area (Å²) in [6, 6.07) is 8.88. The highest BCUT2D eigenvalue weighted by Crippen LogP contribution is 2.29. The summed E-state index contributed by atoms with van der Waals surface area (Å²) in [4.78, 5) is 2.62. The number of nitrogens with zero attached hydrogens (tertiary/aromatic N) is 1. The molecule has 0 spiro atoms. The fourth-order valence-electron chi connectivity index (χ4n) is 3.48. The fraction of sp³-hybridized carbons (Fsp3) is 0.667. The molecule has 0 aromatic heterocycles. The van der Waals surface area contributed by atoms with Crippen molar-refractivity contribution in [1.82, 2.24) is 5.32 Å². The van der Waals surface area contributed by atoms with Crippen LogP contribution in [0.4, 0.5) is 5.69 Å². The molecule has 116 valence electrons. The number of ether oxygens (including phenoxy) is 1. The van der Waals surface area contributed by atoms with Crippen molar-refractivity contribution >= 4 is 5.69 Å². The first-order valence-corrected chi connectivity index (χ1v) is 8.36. The van der Waals surface area contributed by atoms with E-state index in [0.717, 1.165) is 45.2 Å². The van der Waals surface area contributed by atoms with E-state index < -0.39 is 0 Å². The summed E-state index contributed by atoms with van der Waals surface area (Å²) in [5.74, 6) is 0.769. The van der Waals surface area contributed by atoms with Crippen LogP contribution in [0.15, 0.2) is 24.3 Å². The van der Waals surface area contributed by atoms with Crippen molar-refractivity contribution in [3.05, 3.63) is 29.8 Å². The zero-order valence-electron chi connectivity index (χ0n) is 13.4. The van der Waals surface area contributed by atoms with Crippen LogP contribution < -0.4 is 10.2 Å². The molecule has 2 heterocycles. The van der Waals surface area contributed by atoms with Gasteiger partial charge in [-0.1, -0.05) is 25.1 Å². The van der Waals surface area contributed by atoms with Crippen LogP contribution in [0.25, 0.3) is 0 Å². The molecule has 0 saturated carbocycles. The average molecular weight is 288 g/mol. The van der Waals surface area contributed by atoms with Gasteiger partial charge in [-0.05, 0) is 43.7 Å². The monoisotopic (exact) mass is 288 g/mol. The molecular formula is C18H28N2O. The van der Waals surface area contributed by atoms with Gasteiger partial charge in [-0.2, -0.15) is 0 Å². The molecule has 21 heavy (non-hydrogen) atoms. The molecular weight excluding hydrogens is 260 g/mol. The predicted molar refractivity (Wildman–Crippen MR) is 87.7 cm³/mol. The molecule has 1 atom stereocenters. The summed E-state index contributed by atoms with van der Waals surface area (Å²) in [7, 11) is 0. The topological polar surface area (TPSA) is 24.5 Å². The Bertz CT molecular complexity index is 470. The molecule has 0 amide bonds. The van der Waals surface area contributed by atoms with Crippen molar-refractivity contribution in [2.45, 2.75) is 45.2 Å². The number of rotatable bonds is 3. The predicted octanol–water partition coefficient (Wildman–Crippen LogP) is 3.19. The third-order valence-corrected chi connectivity index (χ3v) is 5.18. The number of nitrogens with one attached hydrogen (secondary N) is 1. The lowest BCUT2D eigenvalue weighted by Gasteiger charge is -2.37. The molecule has 3 rings (SSSR count). The van der Waals surface area contributed by atoms with Gasteiger partial charge in [0, 0.05) is 44.1 Å². The maximum atomic E-state index is 5.51. The van der Waals surface area contributed by atoms with E-state index in [1.54, 1.807) is 0 Å². The minimum atomic E-state index is 0.199. The maximum absolute atomic E-state index is 5.51. The molecule has 0 aliphatic carbocycles. The number of fused-ring (bicyclic) bond motifs is 1. The minimum absolute atomic E-state index is 0.199. The first-order chi connectivity index (χ1) is 10.2. The fourth-order valence-corrected chi connectivity index (χ4v) is 3.48. The van der Waals surface area contributed by atoms with Gasteiger partial charge in [0.05, 0.1) is 0 Å². The third-order valence-electron chi connectivity index (χ3n) is 5.18. The van der Waals surface area contributed by atoms with E-state index in [1.165, 1.54) is 24.1 Å².